The van der Waals surface area contributed by atoms with Crippen LogP contribution in [0.1, 0.15) is 25.3 Å². The van der Waals surface area contributed by atoms with Crippen LogP contribution in [0.4, 0.5) is 4.39 Å². The number of rotatable bonds is 3. The molecule has 32 heavy (non-hydrogen) atoms. The zero-order chi connectivity index (χ0) is 22.7. The monoisotopic (exact) mass is 429 g/mol. The van der Waals surface area contributed by atoms with Gasteiger partial charge >= 0.3 is 0 Å². The largest absolute Gasteiger partial charge is 0.390 e. The Bertz CT molecular complexity index is 1400. The van der Waals surface area contributed by atoms with E-state index in [1.165, 1.54) is 16.7 Å². The Hall–Kier alpha value is -3.35. The van der Waals surface area contributed by atoms with E-state index in [-0.39, 0.29) is 11.4 Å². The number of aliphatic hydroxyl groups is 1. The number of halogens is 1. The molecular weight excluding hydrogens is 405 g/mol. The van der Waals surface area contributed by atoms with E-state index in [0.717, 1.165) is 11.1 Å². The molecule has 1 aliphatic carbocycles. The van der Waals surface area contributed by atoms with Gasteiger partial charge in [0.25, 0.3) is 5.56 Å². The number of benzene rings is 2. The average Bonchev–Trinajstić information content (AvgIpc) is 2.75. The number of pyridine rings is 2. The normalized spacial score (nSPS) is 22.7. The van der Waals surface area contributed by atoms with Crippen LogP contribution in [0.2, 0.25) is 0 Å². The maximum Gasteiger partial charge on any atom is 0.250 e. The summed E-state index contributed by atoms with van der Waals surface area (Å²) >= 11 is 0. The van der Waals surface area contributed by atoms with E-state index in [1.54, 1.807) is 38.2 Å². The smallest absolute Gasteiger partial charge is 0.250 e. The van der Waals surface area contributed by atoms with E-state index >= 15 is 0 Å². The molecule has 2 aromatic heterocycles. The molecule has 0 spiro atoms. The van der Waals surface area contributed by atoms with Crippen LogP contribution in [0, 0.1) is 5.82 Å². The van der Waals surface area contributed by atoms with Crippen LogP contribution in [-0.4, -0.2) is 20.3 Å². The van der Waals surface area contributed by atoms with Gasteiger partial charge in [-0.2, -0.15) is 0 Å². The molecule has 162 valence electrons. The van der Waals surface area contributed by atoms with Gasteiger partial charge in [0.15, 0.2) is 0 Å². The first kappa shape index (κ1) is 20.5. The third-order valence-electron chi connectivity index (χ3n) is 6.40. The molecule has 0 bridgehead atoms. The minimum Gasteiger partial charge on any atom is -0.390 e. The van der Waals surface area contributed by atoms with E-state index < -0.39 is 11.1 Å². The fraction of sp³-hybridized carbons (Fsp3) is 0.231. The topological polar surface area (TPSA) is 81.1 Å². The zero-order valence-electron chi connectivity index (χ0n) is 18.0. The van der Waals surface area contributed by atoms with Gasteiger partial charge in [-0.05, 0) is 43.5 Å². The van der Waals surface area contributed by atoms with Crippen LogP contribution in [-0.2, 0) is 12.6 Å². The molecule has 0 radical (unpaired) electrons. The van der Waals surface area contributed by atoms with Gasteiger partial charge < -0.3 is 15.4 Å². The Morgan fingerprint density at radius 2 is 1.72 bits per heavy atom. The van der Waals surface area contributed by atoms with Crippen LogP contribution in [0.15, 0.2) is 71.5 Å². The third-order valence-corrected chi connectivity index (χ3v) is 6.40. The second-order valence-corrected chi connectivity index (χ2v) is 9.08. The summed E-state index contributed by atoms with van der Waals surface area (Å²) in [5, 5.41) is 10.1. The third kappa shape index (κ3) is 3.32. The van der Waals surface area contributed by atoms with Crippen molar-refractivity contribution < 1.29 is 9.50 Å². The highest BCUT2D eigenvalue weighted by molar-refractivity contribution is 5.90. The van der Waals surface area contributed by atoms with Crippen molar-refractivity contribution >= 4 is 11.0 Å². The quantitative estimate of drug-likeness (QED) is 0.514. The molecular formula is C26H24FN3O2. The number of fused-ring (bicyclic) bond motifs is 1. The van der Waals surface area contributed by atoms with Crippen molar-refractivity contribution in [1.29, 1.82) is 0 Å². The molecule has 0 aliphatic heterocycles. The summed E-state index contributed by atoms with van der Waals surface area (Å²) in [6, 6.07) is 19.3. The second-order valence-electron chi connectivity index (χ2n) is 9.08. The molecule has 0 unspecified atom stereocenters. The molecule has 2 heterocycles. The minimum atomic E-state index is -0.735. The lowest BCUT2D eigenvalue weighted by Crippen LogP contribution is -2.58. The Morgan fingerprint density at radius 3 is 2.38 bits per heavy atom. The standard InChI is InChI=1S/C26H24FN3O2/c1-25(32)14-26(28,15-25)17-9-7-16(8-10-17)24-19(18-5-3-4-6-20(18)27)13-22-21(29-24)11-12-23(31)30(22)2/h3-13,32H,14-15,28H2,1-2H3. The number of hydrogen-bond acceptors (Lipinski definition) is 4. The van der Waals surface area contributed by atoms with Crippen molar-refractivity contribution in [2.24, 2.45) is 12.8 Å². The fourth-order valence-corrected chi connectivity index (χ4v) is 4.87. The summed E-state index contributed by atoms with van der Waals surface area (Å²) in [5.74, 6) is -0.356. The summed E-state index contributed by atoms with van der Waals surface area (Å²) in [5.41, 5.74) is 9.74. The van der Waals surface area contributed by atoms with Gasteiger partial charge in [0.2, 0.25) is 0 Å². The lowest BCUT2D eigenvalue weighted by atomic mass is 9.63. The molecule has 0 amide bonds. The van der Waals surface area contributed by atoms with Gasteiger partial charge in [-0.25, -0.2) is 9.37 Å². The second kappa shape index (κ2) is 7.08. The number of aryl methyl sites for hydroxylation is 1. The summed E-state index contributed by atoms with van der Waals surface area (Å²) in [7, 11) is 1.68. The van der Waals surface area contributed by atoms with Crippen LogP contribution < -0.4 is 11.3 Å². The lowest BCUT2D eigenvalue weighted by molar-refractivity contribution is -0.0738. The van der Waals surface area contributed by atoms with E-state index in [4.69, 9.17) is 10.7 Å². The Balaban J connectivity index is 1.68. The van der Waals surface area contributed by atoms with Crippen molar-refractivity contribution in [2.75, 3.05) is 0 Å². The van der Waals surface area contributed by atoms with Crippen molar-refractivity contribution in [3.8, 4) is 22.4 Å². The predicted molar refractivity (Wildman–Crippen MR) is 124 cm³/mol. The zero-order valence-corrected chi connectivity index (χ0v) is 18.0. The van der Waals surface area contributed by atoms with E-state index in [9.17, 15) is 14.3 Å². The van der Waals surface area contributed by atoms with Crippen molar-refractivity contribution in [2.45, 2.75) is 30.9 Å². The van der Waals surface area contributed by atoms with Crippen molar-refractivity contribution in [3.05, 3.63) is 88.5 Å². The first-order chi connectivity index (χ1) is 15.2. The maximum absolute atomic E-state index is 14.8. The molecule has 1 fully saturated rings. The molecule has 6 heteroatoms. The van der Waals surface area contributed by atoms with Gasteiger partial charge in [0.05, 0.1) is 22.3 Å². The molecule has 1 aliphatic rings. The summed E-state index contributed by atoms with van der Waals surface area (Å²) in [6.07, 6.45) is 1.00. The van der Waals surface area contributed by atoms with Crippen LogP contribution in [0.25, 0.3) is 33.4 Å². The summed E-state index contributed by atoms with van der Waals surface area (Å²) in [6.45, 7) is 1.79. The SMILES string of the molecule is Cn1c(=O)ccc2nc(-c3ccc(C4(N)CC(C)(O)C4)cc3)c(-c3ccccc3F)cc21. The molecule has 0 saturated heterocycles. The lowest BCUT2D eigenvalue weighted by Gasteiger charge is -2.49. The number of nitrogens with zero attached hydrogens (tertiary/aromatic N) is 2. The van der Waals surface area contributed by atoms with Crippen LogP contribution >= 0.6 is 0 Å². The first-order valence-electron chi connectivity index (χ1n) is 10.5. The fourth-order valence-electron chi connectivity index (χ4n) is 4.87. The molecule has 5 rings (SSSR count). The molecule has 0 atom stereocenters. The highest BCUT2D eigenvalue weighted by Crippen LogP contribution is 2.46. The Kier molecular flexibility index (Phi) is 4.55. The van der Waals surface area contributed by atoms with E-state index in [2.05, 4.69) is 0 Å². The number of nitrogens with two attached hydrogens (primary N) is 1. The van der Waals surface area contributed by atoms with Crippen LogP contribution in [0.5, 0.6) is 0 Å². The average molecular weight is 429 g/mol. The molecule has 2 aromatic carbocycles. The van der Waals surface area contributed by atoms with Crippen LogP contribution in [0.3, 0.4) is 0 Å². The molecule has 4 aromatic rings. The Morgan fingerprint density at radius 1 is 1.03 bits per heavy atom. The predicted octanol–water partition coefficient (Wildman–Crippen LogP) is 4.11. The maximum atomic E-state index is 14.8. The van der Waals surface area contributed by atoms with Gasteiger partial charge in [0, 0.05) is 35.3 Å². The van der Waals surface area contributed by atoms with Gasteiger partial charge in [-0.15, -0.1) is 0 Å². The summed E-state index contributed by atoms with van der Waals surface area (Å²) in [4.78, 5) is 17.0. The summed E-state index contributed by atoms with van der Waals surface area (Å²) < 4.78 is 16.3. The Labute approximate surface area is 185 Å². The first-order valence-corrected chi connectivity index (χ1v) is 10.5. The van der Waals surface area contributed by atoms with Crippen molar-refractivity contribution in [3.63, 3.8) is 0 Å². The minimum absolute atomic E-state index is 0.152. The molecule has 3 N–H and O–H groups in total. The molecule has 5 nitrogen and oxygen atoms in total. The number of aromatic nitrogens is 2. The highest BCUT2D eigenvalue weighted by atomic mass is 19.1. The van der Waals surface area contributed by atoms with Gasteiger partial charge in [-0.1, -0.05) is 42.5 Å². The molecule has 1 saturated carbocycles. The van der Waals surface area contributed by atoms with Gasteiger partial charge in [-0.3, -0.25) is 4.79 Å². The van der Waals surface area contributed by atoms with Crippen molar-refractivity contribution in [1.82, 2.24) is 9.55 Å². The van der Waals surface area contributed by atoms with E-state index in [1.807, 2.05) is 30.3 Å². The van der Waals surface area contributed by atoms with Gasteiger partial charge in [0.1, 0.15) is 5.82 Å². The van der Waals surface area contributed by atoms with E-state index in [0.29, 0.717) is 40.7 Å². The highest BCUT2D eigenvalue weighted by Gasteiger charge is 2.49. The number of hydrogen-bond donors (Lipinski definition) is 2.